The molecule has 1 aliphatic heterocycles. The molecule has 0 aliphatic carbocycles. The molecule has 1 fully saturated rings. The molecule has 0 saturated carbocycles. The number of ether oxygens (including phenoxy) is 1. The van der Waals surface area contributed by atoms with Gasteiger partial charge in [0.25, 0.3) is 0 Å². The minimum Gasteiger partial charge on any atom is -0.497 e. The van der Waals surface area contributed by atoms with Gasteiger partial charge in [0.15, 0.2) is 0 Å². The van der Waals surface area contributed by atoms with Gasteiger partial charge in [-0.25, -0.2) is 8.42 Å². The largest absolute Gasteiger partial charge is 0.497 e. The molecule has 1 unspecified atom stereocenters. The number of hydrogen-bond acceptors (Lipinski definition) is 3. The van der Waals surface area contributed by atoms with Crippen molar-refractivity contribution in [1.82, 2.24) is 4.31 Å². The topological polar surface area (TPSA) is 46.6 Å². The van der Waals surface area contributed by atoms with Crippen LogP contribution in [0.4, 0.5) is 0 Å². The summed E-state index contributed by atoms with van der Waals surface area (Å²) in [5.74, 6) is 0.805. The molecule has 1 atom stereocenters. The van der Waals surface area contributed by atoms with Crippen LogP contribution in [0.2, 0.25) is 0 Å². The number of rotatable bonds is 5. The molecule has 136 valence electrons. The number of hydrogen-bond donors (Lipinski definition) is 0. The molecule has 0 aromatic heterocycles. The van der Waals surface area contributed by atoms with E-state index in [-0.39, 0.29) is 5.92 Å². The van der Waals surface area contributed by atoms with Gasteiger partial charge in [-0.05, 0) is 42.3 Å². The van der Waals surface area contributed by atoms with Gasteiger partial charge < -0.3 is 4.74 Å². The lowest BCUT2D eigenvalue weighted by Crippen LogP contribution is -2.28. The maximum absolute atomic E-state index is 12.9. The van der Waals surface area contributed by atoms with Gasteiger partial charge in [-0.1, -0.05) is 42.0 Å². The van der Waals surface area contributed by atoms with E-state index in [1.165, 1.54) is 4.31 Å². The smallest absolute Gasteiger partial charge is 0.243 e. The van der Waals surface area contributed by atoms with Gasteiger partial charge in [-0.2, -0.15) is 4.31 Å². The highest BCUT2D eigenvalue weighted by Crippen LogP contribution is 2.30. The van der Waals surface area contributed by atoms with Gasteiger partial charge in [-0.3, -0.25) is 0 Å². The molecule has 5 heteroatoms. The molecule has 0 N–H and O–H groups in total. The highest BCUT2D eigenvalue weighted by atomic mass is 32.2. The Bertz CT molecular complexity index is 913. The van der Waals surface area contributed by atoms with Crippen LogP contribution in [0.1, 0.15) is 11.1 Å². The Balaban J connectivity index is 1.87. The summed E-state index contributed by atoms with van der Waals surface area (Å²) >= 11 is 0. The lowest BCUT2D eigenvalue weighted by atomic mass is 10.0. The summed E-state index contributed by atoms with van der Waals surface area (Å²) in [5, 5.41) is 0. The quantitative estimate of drug-likeness (QED) is 0.751. The van der Waals surface area contributed by atoms with Gasteiger partial charge in [0.05, 0.1) is 12.0 Å². The number of sulfonamides is 1. The van der Waals surface area contributed by atoms with E-state index in [1.54, 1.807) is 19.2 Å². The first-order valence-electron chi connectivity index (χ1n) is 8.48. The maximum Gasteiger partial charge on any atom is 0.243 e. The zero-order valence-electron chi connectivity index (χ0n) is 15.1. The summed E-state index contributed by atoms with van der Waals surface area (Å²) in [5.41, 5.74) is 3.09. The first-order chi connectivity index (χ1) is 12.4. The molecule has 0 amide bonds. The third-order valence-corrected chi connectivity index (χ3v) is 6.47. The van der Waals surface area contributed by atoms with Crippen molar-refractivity contribution in [3.05, 3.63) is 77.9 Å². The van der Waals surface area contributed by atoms with E-state index in [0.717, 1.165) is 22.4 Å². The summed E-state index contributed by atoms with van der Waals surface area (Å²) in [6.45, 7) is 6.61. The predicted molar refractivity (Wildman–Crippen MR) is 105 cm³/mol. The van der Waals surface area contributed by atoms with E-state index in [4.69, 9.17) is 4.74 Å². The van der Waals surface area contributed by atoms with Crippen LogP contribution >= 0.6 is 0 Å². The molecule has 4 nitrogen and oxygen atoms in total. The van der Waals surface area contributed by atoms with Crippen LogP contribution in [0.25, 0.3) is 6.08 Å². The molecular weight excluding hydrogens is 346 g/mol. The summed E-state index contributed by atoms with van der Waals surface area (Å²) in [4.78, 5) is 0.330. The second kappa shape index (κ2) is 7.48. The van der Waals surface area contributed by atoms with Crippen molar-refractivity contribution in [2.45, 2.75) is 11.8 Å². The predicted octanol–water partition coefficient (Wildman–Crippen LogP) is 3.89. The van der Waals surface area contributed by atoms with Crippen LogP contribution in [0.5, 0.6) is 5.75 Å². The van der Waals surface area contributed by atoms with Gasteiger partial charge in [0.2, 0.25) is 10.0 Å². The molecule has 2 aromatic rings. The Kier molecular flexibility index (Phi) is 5.30. The van der Waals surface area contributed by atoms with Crippen LogP contribution in [0.3, 0.4) is 0 Å². The first kappa shape index (κ1) is 18.4. The molecule has 26 heavy (non-hydrogen) atoms. The van der Waals surface area contributed by atoms with Crippen molar-refractivity contribution in [3.63, 3.8) is 0 Å². The molecular formula is C21H23NO3S. The van der Waals surface area contributed by atoms with Crippen molar-refractivity contribution in [2.24, 2.45) is 5.92 Å². The van der Waals surface area contributed by atoms with Crippen molar-refractivity contribution >= 4 is 16.1 Å². The van der Waals surface area contributed by atoms with E-state index in [2.05, 4.69) is 6.58 Å². The zero-order valence-corrected chi connectivity index (χ0v) is 15.9. The van der Waals surface area contributed by atoms with Gasteiger partial charge in [0.1, 0.15) is 5.75 Å². The van der Waals surface area contributed by atoms with E-state index in [1.807, 2.05) is 55.5 Å². The van der Waals surface area contributed by atoms with Crippen molar-refractivity contribution in [2.75, 3.05) is 20.2 Å². The van der Waals surface area contributed by atoms with Crippen LogP contribution in [-0.4, -0.2) is 32.9 Å². The number of nitrogens with zero attached hydrogens (tertiary/aromatic N) is 1. The Labute approximate surface area is 155 Å². The van der Waals surface area contributed by atoms with E-state index >= 15 is 0 Å². The molecule has 2 aromatic carbocycles. The molecule has 3 rings (SSSR count). The number of benzene rings is 2. The Morgan fingerprint density at radius 1 is 1.12 bits per heavy atom. The Morgan fingerprint density at radius 3 is 2.35 bits per heavy atom. The van der Waals surface area contributed by atoms with Gasteiger partial charge in [0, 0.05) is 19.0 Å². The fourth-order valence-electron chi connectivity index (χ4n) is 3.06. The maximum atomic E-state index is 12.9. The summed E-state index contributed by atoms with van der Waals surface area (Å²) in [6.07, 6.45) is 3.86. The highest BCUT2D eigenvalue weighted by molar-refractivity contribution is 7.89. The Morgan fingerprint density at radius 2 is 1.77 bits per heavy atom. The fraction of sp³-hybridized carbons (Fsp3) is 0.238. The molecule has 0 bridgehead atoms. The van der Waals surface area contributed by atoms with Crippen molar-refractivity contribution in [1.29, 1.82) is 0 Å². The average Bonchev–Trinajstić information content (AvgIpc) is 3.06. The van der Waals surface area contributed by atoms with Gasteiger partial charge in [-0.15, -0.1) is 6.58 Å². The minimum absolute atomic E-state index is 0.0114. The highest BCUT2D eigenvalue weighted by Gasteiger charge is 2.34. The van der Waals surface area contributed by atoms with Crippen LogP contribution in [0.15, 0.2) is 71.7 Å². The van der Waals surface area contributed by atoms with Gasteiger partial charge >= 0.3 is 0 Å². The molecule has 0 spiro atoms. The normalized spacial score (nSPS) is 19.6. The third kappa shape index (κ3) is 3.74. The minimum atomic E-state index is -3.51. The monoisotopic (exact) mass is 369 g/mol. The standard InChI is InChI=1S/C21H23NO3S/c1-4-18-14-22(26(23,24)21-11-5-16(2)6-12-21)15-19(18)13-17-7-9-20(25-3)10-8-17/h4-13,18H,1,14-15H2,2-3H3/b19-13-. The fourth-order valence-corrected chi connectivity index (χ4v) is 4.51. The second-order valence-electron chi connectivity index (χ2n) is 6.45. The van der Waals surface area contributed by atoms with E-state index in [0.29, 0.717) is 18.0 Å². The summed E-state index contributed by atoms with van der Waals surface area (Å²) < 4.78 is 32.6. The second-order valence-corrected chi connectivity index (χ2v) is 8.38. The molecule has 0 radical (unpaired) electrons. The average molecular weight is 369 g/mol. The van der Waals surface area contributed by atoms with Crippen molar-refractivity contribution < 1.29 is 13.2 Å². The van der Waals surface area contributed by atoms with Crippen LogP contribution in [-0.2, 0) is 10.0 Å². The Hall–Kier alpha value is -2.37. The lowest BCUT2D eigenvalue weighted by molar-refractivity contribution is 0.415. The van der Waals surface area contributed by atoms with Crippen LogP contribution in [0, 0.1) is 12.8 Å². The SMILES string of the molecule is C=CC1CN(S(=O)(=O)c2ccc(C)cc2)C/C1=C/c1ccc(OC)cc1. The van der Waals surface area contributed by atoms with Crippen LogP contribution < -0.4 is 4.74 Å². The lowest BCUT2D eigenvalue weighted by Gasteiger charge is -2.15. The zero-order chi connectivity index (χ0) is 18.7. The third-order valence-electron chi connectivity index (χ3n) is 4.65. The summed E-state index contributed by atoms with van der Waals surface area (Å²) in [7, 11) is -1.88. The number of methoxy groups -OCH3 is 1. The van der Waals surface area contributed by atoms with E-state index < -0.39 is 10.0 Å². The van der Waals surface area contributed by atoms with E-state index in [9.17, 15) is 8.42 Å². The molecule has 1 aliphatic rings. The summed E-state index contributed by atoms with van der Waals surface area (Å²) in [6, 6.07) is 14.7. The molecule has 1 heterocycles. The first-order valence-corrected chi connectivity index (χ1v) is 9.92. The molecule has 1 saturated heterocycles. The van der Waals surface area contributed by atoms with Crippen molar-refractivity contribution in [3.8, 4) is 5.75 Å². The number of aryl methyl sites for hydroxylation is 1.